The minimum absolute atomic E-state index is 0.0228. The number of nitrogens with one attached hydrogen (secondary N) is 1. The molecule has 0 saturated carbocycles. The van der Waals surface area contributed by atoms with Crippen LogP contribution in [0.5, 0.6) is 0 Å². The second-order valence-corrected chi connectivity index (χ2v) is 8.97. The normalized spacial score (nSPS) is 37.5. The summed E-state index contributed by atoms with van der Waals surface area (Å²) >= 11 is 0. The smallest absolute Gasteiger partial charge is 0.312 e. The van der Waals surface area contributed by atoms with Crippen LogP contribution in [0.1, 0.15) is 47.5 Å². The number of rotatable bonds is 5. The van der Waals surface area contributed by atoms with Gasteiger partial charge in [0.2, 0.25) is 11.8 Å². The van der Waals surface area contributed by atoms with Crippen LogP contribution in [0, 0.1) is 11.8 Å². The highest BCUT2D eigenvalue weighted by molar-refractivity contribution is 5.98. The lowest BCUT2D eigenvalue weighted by molar-refractivity contribution is -0.159. The van der Waals surface area contributed by atoms with Crippen molar-refractivity contribution in [2.24, 2.45) is 11.8 Å². The van der Waals surface area contributed by atoms with Gasteiger partial charge >= 0.3 is 5.97 Å². The summed E-state index contributed by atoms with van der Waals surface area (Å²) in [5.41, 5.74) is -2.37. The average molecular weight is 382 g/mol. The molecule has 3 aliphatic rings. The number of carbonyl (C=O) groups excluding carboxylic acids is 3. The van der Waals surface area contributed by atoms with Crippen LogP contribution in [0.15, 0.2) is 0 Å². The monoisotopic (exact) mass is 382 g/mol. The van der Waals surface area contributed by atoms with Crippen LogP contribution in [-0.4, -0.2) is 70.3 Å². The zero-order valence-electron chi connectivity index (χ0n) is 16.7. The molecule has 0 aromatic heterocycles. The number of aliphatic hydroxyl groups is 1. The number of aliphatic hydroxyl groups excluding tert-OH is 1. The quantitative estimate of drug-likeness (QED) is 0.659. The molecule has 2 bridgehead atoms. The Bertz CT molecular complexity index is 659. The molecule has 0 aliphatic carbocycles. The molecule has 3 saturated heterocycles. The molecule has 0 radical (unpaired) electrons. The number of hydrogen-bond donors (Lipinski definition) is 2. The lowest BCUT2D eigenvalue weighted by atomic mass is 9.66. The number of esters is 1. The second kappa shape index (κ2) is 6.44. The van der Waals surface area contributed by atoms with Crippen molar-refractivity contribution in [2.75, 3.05) is 19.8 Å². The van der Waals surface area contributed by atoms with Gasteiger partial charge in [-0.15, -0.1) is 0 Å². The van der Waals surface area contributed by atoms with E-state index in [1.165, 1.54) is 4.90 Å². The molecular formula is C19H30N2O6. The van der Waals surface area contributed by atoms with Crippen molar-refractivity contribution >= 4 is 17.8 Å². The summed E-state index contributed by atoms with van der Waals surface area (Å²) in [5, 5.41) is 12.4. The minimum Gasteiger partial charge on any atom is -0.466 e. The van der Waals surface area contributed by atoms with Crippen molar-refractivity contribution in [1.82, 2.24) is 10.2 Å². The van der Waals surface area contributed by atoms with Gasteiger partial charge in [0.05, 0.1) is 24.7 Å². The van der Waals surface area contributed by atoms with Gasteiger partial charge in [-0.3, -0.25) is 14.4 Å². The molecule has 8 nitrogen and oxygen atoms in total. The maximum Gasteiger partial charge on any atom is 0.312 e. The molecule has 2 N–H and O–H groups in total. The van der Waals surface area contributed by atoms with Crippen LogP contribution in [0.25, 0.3) is 0 Å². The van der Waals surface area contributed by atoms with Gasteiger partial charge in [0.25, 0.3) is 0 Å². The maximum atomic E-state index is 13.3. The van der Waals surface area contributed by atoms with Crippen molar-refractivity contribution in [3.8, 4) is 0 Å². The van der Waals surface area contributed by atoms with E-state index >= 15 is 0 Å². The fraction of sp³-hybridized carbons (Fsp3) is 0.842. The minimum atomic E-state index is -1.06. The highest BCUT2D eigenvalue weighted by Crippen LogP contribution is 2.63. The third-order valence-electron chi connectivity index (χ3n) is 5.90. The van der Waals surface area contributed by atoms with Gasteiger partial charge in [-0.25, -0.2) is 0 Å². The molecule has 3 aliphatic heterocycles. The maximum absolute atomic E-state index is 13.3. The van der Waals surface area contributed by atoms with E-state index in [-0.39, 0.29) is 31.6 Å². The lowest BCUT2D eigenvalue weighted by Gasteiger charge is -2.35. The molecule has 152 valence electrons. The van der Waals surface area contributed by atoms with Crippen molar-refractivity contribution in [3.63, 3.8) is 0 Å². The number of nitrogens with zero attached hydrogens (tertiary/aromatic N) is 1. The van der Waals surface area contributed by atoms with E-state index < -0.39 is 40.6 Å². The molecule has 5 atom stereocenters. The van der Waals surface area contributed by atoms with Gasteiger partial charge in [0.15, 0.2) is 0 Å². The highest BCUT2D eigenvalue weighted by Gasteiger charge is 2.78. The Kier molecular flexibility index (Phi) is 4.79. The van der Waals surface area contributed by atoms with Crippen LogP contribution >= 0.6 is 0 Å². The zero-order chi connectivity index (χ0) is 20.2. The Morgan fingerprint density at radius 2 is 2.04 bits per heavy atom. The molecule has 8 heteroatoms. The summed E-state index contributed by atoms with van der Waals surface area (Å²) in [7, 11) is 0. The van der Waals surface area contributed by atoms with E-state index in [0.717, 1.165) is 0 Å². The summed E-state index contributed by atoms with van der Waals surface area (Å²) in [6.45, 7) is 9.11. The van der Waals surface area contributed by atoms with Gasteiger partial charge in [-0.1, -0.05) is 0 Å². The van der Waals surface area contributed by atoms with Crippen molar-refractivity contribution in [2.45, 2.75) is 70.2 Å². The molecule has 27 heavy (non-hydrogen) atoms. The van der Waals surface area contributed by atoms with Gasteiger partial charge in [0.1, 0.15) is 17.6 Å². The van der Waals surface area contributed by atoms with Gasteiger partial charge in [0, 0.05) is 12.1 Å². The molecule has 0 aromatic carbocycles. The predicted molar refractivity (Wildman–Crippen MR) is 95.6 cm³/mol. The Hall–Kier alpha value is -1.67. The van der Waals surface area contributed by atoms with Gasteiger partial charge in [-0.05, 0) is 47.5 Å². The van der Waals surface area contributed by atoms with E-state index in [1.54, 1.807) is 6.92 Å². The first-order valence-electron chi connectivity index (χ1n) is 9.61. The van der Waals surface area contributed by atoms with E-state index in [4.69, 9.17) is 9.47 Å². The fourth-order valence-electron chi connectivity index (χ4n) is 5.10. The van der Waals surface area contributed by atoms with Crippen LogP contribution in [-0.2, 0) is 23.9 Å². The van der Waals surface area contributed by atoms with E-state index in [2.05, 4.69) is 5.32 Å². The van der Waals surface area contributed by atoms with Crippen LogP contribution in [0.2, 0.25) is 0 Å². The third-order valence-corrected chi connectivity index (χ3v) is 5.90. The molecule has 2 amide bonds. The van der Waals surface area contributed by atoms with Crippen LogP contribution < -0.4 is 5.32 Å². The third kappa shape index (κ3) is 2.93. The SMILES string of the molecule is CCOC(=O)[C@@H]1[C@H]2C(=O)N(CCO)C(C(=O)NC(C)(C)C)C23CC[C@@]1(C)O3. The summed E-state index contributed by atoms with van der Waals surface area (Å²) in [6.07, 6.45) is 1.09. The largest absolute Gasteiger partial charge is 0.466 e. The van der Waals surface area contributed by atoms with Crippen molar-refractivity contribution in [1.29, 1.82) is 0 Å². The predicted octanol–water partition coefficient (Wildman–Crippen LogP) is 0.221. The molecule has 2 unspecified atom stereocenters. The average Bonchev–Trinajstić information content (AvgIpc) is 3.08. The number of carbonyl (C=O) groups is 3. The first-order chi connectivity index (χ1) is 12.5. The summed E-state index contributed by atoms with van der Waals surface area (Å²) in [6, 6.07) is -0.873. The number of ether oxygens (including phenoxy) is 2. The van der Waals surface area contributed by atoms with Gasteiger partial charge < -0.3 is 24.8 Å². The lowest BCUT2D eigenvalue weighted by Crippen LogP contribution is -2.58. The van der Waals surface area contributed by atoms with E-state index in [1.807, 2.05) is 27.7 Å². The number of β-amino-alcohol motifs (C(OH)–C–C–N with tert-alkyl or cyclic N) is 1. The Morgan fingerprint density at radius 3 is 2.59 bits per heavy atom. The fourth-order valence-corrected chi connectivity index (χ4v) is 5.10. The number of hydrogen-bond acceptors (Lipinski definition) is 6. The number of likely N-dealkylation sites (tertiary alicyclic amines) is 1. The molecule has 3 fully saturated rings. The Labute approximate surface area is 159 Å². The topological polar surface area (TPSA) is 105 Å². The van der Waals surface area contributed by atoms with Crippen LogP contribution in [0.3, 0.4) is 0 Å². The summed E-state index contributed by atoms with van der Waals surface area (Å²) in [4.78, 5) is 40.4. The first kappa shape index (κ1) is 20.1. The van der Waals surface area contributed by atoms with E-state index in [9.17, 15) is 19.5 Å². The Balaban J connectivity index is 2.04. The second-order valence-electron chi connectivity index (χ2n) is 8.97. The standard InChI is InChI=1S/C19H30N2O6/c1-6-26-16(25)12-11-15(24)21(9-10-22)13(14(23)20-17(2,3)4)19(11)8-7-18(12,5)27-19/h11-13,22H,6-10H2,1-5H3,(H,20,23)/t11-,12-,13?,18+,19?/m0/s1. The van der Waals surface area contributed by atoms with Gasteiger partial charge in [-0.2, -0.15) is 0 Å². The van der Waals surface area contributed by atoms with Crippen molar-refractivity contribution in [3.05, 3.63) is 0 Å². The Morgan fingerprint density at radius 1 is 1.37 bits per heavy atom. The summed E-state index contributed by atoms with van der Waals surface area (Å²) < 4.78 is 11.6. The highest BCUT2D eigenvalue weighted by atomic mass is 16.6. The molecular weight excluding hydrogens is 352 g/mol. The number of fused-ring (bicyclic) bond motifs is 1. The summed E-state index contributed by atoms with van der Waals surface area (Å²) in [5.74, 6) is -2.61. The number of amides is 2. The molecule has 1 spiro atoms. The molecule has 3 rings (SSSR count). The van der Waals surface area contributed by atoms with Crippen molar-refractivity contribution < 1.29 is 29.0 Å². The zero-order valence-corrected chi connectivity index (χ0v) is 16.7. The molecule has 3 heterocycles. The van der Waals surface area contributed by atoms with E-state index in [0.29, 0.717) is 12.8 Å². The molecule has 0 aromatic rings. The van der Waals surface area contributed by atoms with Crippen LogP contribution in [0.4, 0.5) is 0 Å². The first-order valence-corrected chi connectivity index (χ1v) is 9.61.